The van der Waals surface area contributed by atoms with Crippen molar-refractivity contribution >= 4 is 112 Å². The molecule has 0 saturated carbocycles. The van der Waals surface area contributed by atoms with Crippen molar-refractivity contribution in [1.82, 2.24) is 37.3 Å². The first kappa shape index (κ1) is 65.2. The number of nitrogens with two attached hydrogens (primary N) is 1. The van der Waals surface area contributed by atoms with Crippen LogP contribution in [0.25, 0.3) is 0 Å². The van der Waals surface area contributed by atoms with E-state index in [1.807, 2.05) is 21.7 Å². The van der Waals surface area contributed by atoms with Gasteiger partial charge in [0.25, 0.3) is 23.6 Å². The van der Waals surface area contributed by atoms with E-state index >= 15 is 0 Å². The minimum atomic E-state index is -1.08. The fraction of sp³-hybridized carbons (Fsp3) is 0.639. The molecule has 3 aliphatic heterocycles. The number of hydrogen-bond acceptors (Lipinski definition) is 20. The predicted octanol–water partition coefficient (Wildman–Crippen LogP) is 2.08. The standard InChI is InChI=1S/C13H19N3O7.C9H16N2O5.C5H12N2O2.C4H5NO3.C4H4O3.CHCl3/c1-13(2,3)22-12(21)15-14-8(17)4-7-11(20)23-16-9(18)5-6-10(16)19;1-9(2,3)16-8(15)11-10-6(12)4-5-7(13)14;1-5(2,3)9-4(8)7-6;6-3-1-2-4(7)5(3)8;5-3-1-2-4(6)7-3;2-1(3)4/h4-7H2,1-3H3,(H,14,17)(H,15,21);4-5H2,1-3H3,(H,10,12)(H,11,15)(H,13,14);6H2,1-3H3,(H,7,8);8H,1-2H2;1-2H2;1H. The number of alkyl halides is 3. The zero-order chi connectivity index (χ0) is 52.9. The zero-order valence-corrected chi connectivity index (χ0v) is 40.3. The smallest absolute Gasteiger partial charge is 0.426 e. The number of carbonyl (C=O) groups excluding carboxylic acids is 12. The van der Waals surface area contributed by atoms with E-state index in [9.17, 15) is 62.3 Å². The first-order chi connectivity index (χ1) is 30.5. The molecule has 3 rings (SSSR count). The minimum absolute atomic E-state index is 0.00753. The summed E-state index contributed by atoms with van der Waals surface area (Å²) in [6.45, 7) is 15.3. The quantitative estimate of drug-likeness (QED) is 0.0208. The van der Waals surface area contributed by atoms with Crippen LogP contribution in [0.15, 0.2) is 0 Å². The summed E-state index contributed by atoms with van der Waals surface area (Å²) < 4.78 is 17.8. The summed E-state index contributed by atoms with van der Waals surface area (Å²) in [5.41, 5.74) is 8.13. The number of carbonyl (C=O) groups is 13. The van der Waals surface area contributed by atoms with Gasteiger partial charge in [0, 0.05) is 38.5 Å². The van der Waals surface area contributed by atoms with E-state index in [0.29, 0.717) is 5.06 Å². The third-order valence-corrected chi connectivity index (χ3v) is 6.03. The maximum atomic E-state index is 11.5. The van der Waals surface area contributed by atoms with Gasteiger partial charge in [-0.15, -0.1) is 5.06 Å². The summed E-state index contributed by atoms with van der Waals surface area (Å²) >= 11 is 14.4. The van der Waals surface area contributed by atoms with Crippen LogP contribution in [-0.4, -0.2) is 119 Å². The number of imide groups is 2. The fourth-order valence-electron chi connectivity index (χ4n) is 3.52. The monoisotopic (exact) mass is 1030 g/mol. The fourth-order valence-corrected chi connectivity index (χ4v) is 3.52. The van der Waals surface area contributed by atoms with E-state index in [0.717, 1.165) is 0 Å². The van der Waals surface area contributed by atoms with Crippen molar-refractivity contribution < 1.29 is 96.4 Å². The van der Waals surface area contributed by atoms with Crippen LogP contribution in [0.4, 0.5) is 14.4 Å². The number of hydrogen-bond donors (Lipinski definition) is 8. The van der Waals surface area contributed by atoms with Crippen LogP contribution in [0, 0.1) is 0 Å². The van der Waals surface area contributed by atoms with Crippen LogP contribution in [0.1, 0.15) is 127 Å². The van der Waals surface area contributed by atoms with E-state index in [-0.39, 0.29) is 69.3 Å². The number of hydrazine groups is 3. The molecule has 0 atom stereocenters. The average Bonchev–Trinajstić information content (AvgIpc) is 3.81. The third-order valence-electron chi connectivity index (χ3n) is 6.03. The normalized spacial score (nSPS) is 14.0. The van der Waals surface area contributed by atoms with Crippen LogP contribution < -0.4 is 33.0 Å². The van der Waals surface area contributed by atoms with Gasteiger partial charge in [-0.1, -0.05) is 34.8 Å². The molecule has 3 fully saturated rings. The van der Waals surface area contributed by atoms with Crippen molar-refractivity contribution in [2.75, 3.05) is 0 Å². The number of hydroxylamine groups is 4. The Balaban J connectivity index is -0.000000803. The highest BCUT2D eigenvalue weighted by Gasteiger charge is 2.33. The molecule has 0 unspecified atom stereocenters. The number of carboxylic acid groups (broad SMARTS) is 1. The van der Waals surface area contributed by atoms with Gasteiger partial charge in [-0.2, -0.15) is 5.06 Å². The second-order valence-electron chi connectivity index (χ2n) is 15.6. The molecule has 0 bridgehead atoms. The van der Waals surface area contributed by atoms with E-state index in [1.165, 1.54) is 0 Å². The Hall–Kier alpha value is -6.10. The van der Waals surface area contributed by atoms with E-state index in [4.69, 9.17) is 65.2 Å². The first-order valence-electron chi connectivity index (χ1n) is 19.2. The Bertz CT molecular complexity index is 1720. The number of rotatable bonds is 7. The van der Waals surface area contributed by atoms with Crippen LogP contribution in [0.2, 0.25) is 0 Å². The Morgan fingerprint density at radius 1 is 0.582 bits per heavy atom. The highest BCUT2D eigenvalue weighted by atomic mass is 35.6. The summed E-state index contributed by atoms with van der Waals surface area (Å²) in [5, 5.41) is 17.3. The number of ether oxygens (including phenoxy) is 4. The summed E-state index contributed by atoms with van der Waals surface area (Å²) in [6, 6.07) is 0. The Morgan fingerprint density at radius 3 is 1.16 bits per heavy atom. The first-order valence-corrected chi connectivity index (χ1v) is 20.5. The van der Waals surface area contributed by atoms with Gasteiger partial charge < -0.3 is 28.9 Å². The second-order valence-corrected chi connectivity index (χ2v) is 17.6. The van der Waals surface area contributed by atoms with Gasteiger partial charge in [-0.3, -0.25) is 64.6 Å². The number of aliphatic carboxylic acids is 1. The van der Waals surface area contributed by atoms with Gasteiger partial charge in [-0.05, 0) is 62.3 Å². The molecular weight excluding hydrogens is 971 g/mol. The summed E-state index contributed by atoms with van der Waals surface area (Å²) in [7, 11) is 0. The molecule has 31 heteroatoms. The highest BCUT2D eigenvalue weighted by molar-refractivity contribution is 6.63. The zero-order valence-electron chi connectivity index (χ0n) is 38.0. The van der Waals surface area contributed by atoms with E-state index in [2.05, 4.69) is 15.0 Å². The molecule has 9 N–H and O–H groups in total. The number of halogens is 3. The maximum absolute atomic E-state index is 11.5. The van der Waals surface area contributed by atoms with Crippen molar-refractivity contribution in [2.24, 2.45) is 5.84 Å². The average molecular weight is 1030 g/mol. The number of esters is 2. The van der Waals surface area contributed by atoms with Gasteiger partial charge in [0.1, 0.15) is 16.8 Å². The number of carboxylic acids is 1. The van der Waals surface area contributed by atoms with Crippen molar-refractivity contribution in [2.45, 2.75) is 148 Å². The van der Waals surface area contributed by atoms with Crippen molar-refractivity contribution in [3.63, 3.8) is 0 Å². The molecule has 0 aromatic rings. The van der Waals surface area contributed by atoms with Crippen LogP contribution in [0.3, 0.4) is 0 Å². The Labute approximate surface area is 398 Å². The third kappa shape index (κ3) is 41.1. The molecule has 9 amide bonds. The molecular formula is C36H57Cl3N8O20. The number of cyclic esters (lactones) is 2. The summed E-state index contributed by atoms with van der Waals surface area (Å²) in [4.78, 5) is 144. The lowest BCUT2D eigenvalue weighted by Crippen LogP contribution is -2.44. The van der Waals surface area contributed by atoms with Gasteiger partial charge in [0.05, 0.1) is 25.7 Å². The molecule has 0 radical (unpaired) electrons. The topological polar surface area (TPSA) is 401 Å². The Morgan fingerprint density at radius 2 is 0.910 bits per heavy atom. The highest BCUT2D eigenvalue weighted by Crippen LogP contribution is 2.13. The number of amides is 9. The lowest BCUT2D eigenvalue weighted by Gasteiger charge is -2.19. The molecule has 0 spiro atoms. The molecule has 3 aliphatic rings. The largest absolute Gasteiger partial charge is 0.481 e. The van der Waals surface area contributed by atoms with Crippen LogP contribution in [-0.2, 0) is 71.7 Å². The van der Waals surface area contributed by atoms with Gasteiger partial charge >= 0.3 is 42.2 Å². The maximum Gasteiger partial charge on any atom is 0.426 e. The summed E-state index contributed by atoms with van der Waals surface area (Å²) in [6.07, 6.45) is -2.60. The van der Waals surface area contributed by atoms with Crippen LogP contribution >= 0.6 is 34.8 Å². The number of nitrogens with zero attached hydrogens (tertiary/aromatic N) is 2. The molecule has 0 aromatic carbocycles. The minimum Gasteiger partial charge on any atom is -0.481 e. The molecule has 0 aromatic heterocycles. The number of nitrogens with one attached hydrogen (secondary N) is 5. The van der Waals surface area contributed by atoms with Gasteiger partial charge in [-0.25, -0.2) is 35.9 Å². The molecule has 3 saturated heterocycles. The molecule has 0 aliphatic carbocycles. The predicted molar refractivity (Wildman–Crippen MR) is 226 cm³/mol. The van der Waals surface area contributed by atoms with E-state index < -0.39 is 98.7 Å². The summed E-state index contributed by atoms with van der Waals surface area (Å²) in [5.74, 6) is -1.47. The van der Waals surface area contributed by atoms with E-state index in [1.54, 1.807) is 62.3 Å². The van der Waals surface area contributed by atoms with Gasteiger partial charge in [0.2, 0.25) is 11.8 Å². The SMILES string of the molecule is CC(C)(C)OC(=O)NN.CC(C)(C)OC(=O)NNC(=O)CCC(=O)O.CC(C)(C)OC(=O)NNC(=O)CCC(=O)ON1C(=O)CCC1=O.ClC(Cl)Cl.O=C1CCC(=O)N1O.O=C1CCC(=O)O1. The molecule has 382 valence electrons. The second kappa shape index (κ2) is 32.6. The lowest BCUT2D eigenvalue weighted by molar-refractivity contribution is -0.197. The molecule has 28 nitrogen and oxygen atoms in total. The lowest BCUT2D eigenvalue weighted by atomic mass is 10.2. The molecule has 3 heterocycles. The molecule has 67 heavy (non-hydrogen) atoms. The Kier molecular flexibility index (Phi) is 31.7. The van der Waals surface area contributed by atoms with Gasteiger partial charge in [0.15, 0.2) is 4.30 Å². The van der Waals surface area contributed by atoms with Crippen molar-refractivity contribution in [3.05, 3.63) is 0 Å². The van der Waals surface area contributed by atoms with Crippen molar-refractivity contribution in [1.29, 1.82) is 0 Å². The van der Waals surface area contributed by atoms with Crippen LogP contribution in [0.5, 0.6) is 0 Å². The van der Waals surface area contributed by atoms with Crippen molar-refractivity contribution in [3.8, 4) is 0 Å².